The van der Waals surface area contributed by atoms with Crippen molar-refractivity contribution in [3.63, 3.8) is 0 Å². The number of aromatic nitrogens is 1. The lowest BCUT2D eigenvalue weighted by atomic mass is 9.99. The number of methoxy groups -OCH3 is 1. The standard InChI is InChI=1S/C17H22ClN3O3.3ClH/c1-24-10-2-3-14-12(6-10)11(13(18)7-20-14)4-5-21-8-15(22)17(19)16(23)9-21;;;/h2-3,6-7,15-17,22-23H,4-5,8-9,19H2,1H3;3*1H. The molecule has 1 aliphatic rings. The first-order valence-corrected chi connectivity index (χ1v) is 8.32. The lowest BCUT2D eigenvalue weighted by Gasteiger charge is -2.37. The number of hydrogen-bond donors (Lipinski definition) is 3. The Morgan fingerprint density at radius 2 is 1.85 bits per heavy atom. The number of hydrogen-bond acceptors (Lipinski definition) is 6. The Kier molecular flexibility index (Phi) is 11.2. The van der Waals surface area contributed by atoms with E-state index >= 15 is 0 Å². The number of likely N-dealkylation sites (tertiary alicyclic amines) is 1. The number of aliphatic hydroxyl groups is 2. The van der Waals surface area contributed by atoms with Gasteiger partial charge in [0.05, 0.1) is 35.9 Å². The first-order valence-electron chi connectivity index (χ1n) is 7.95. The minimum atomic E-state index is -0.724. The summed E-state index contributed by atoms with van der Waals surface area (Å²) >= 11 is 6.36. The number of β-amino-alcohol motifs (C(OH)–C–C–N with tert-alkyl or cyclic N) is 2. The second-order valence-electron chi connectivity index (χ2n) is 6.19. The molecule has 4 N–H and O–H groups in total. The Morgan fingerprint density at radius 1 is 1.22 bits per heavy atom. The van der Waals surface area contributed by atoms with E-state index in [4.69, 9.17) is 22.1 Å². The zero-order valence-electron chi connectivity index (χ0n) is 14.7. The molecular weight excluding hydrogens is 436 g/mol. The van der Waals surface area contributed by atoms with Crippen molar-refractivity contribution in [2.75, 3.05) is 26.7 Å². The van der Waals surface area contributed by atoms with E-state index in [9.17, 15) is 10.2 Å². The van der Waals surface area contributed by atoms with Gasteiger partial charge in [-0.25, -0.2) is 0 Å². The molecule has 0 amide bonds. The van der Waals surface area contributed by atoms with Crippen LogP contribution in [0.5, 0.6) is 5.75 Å². The van der Waals surface area contributed by atoms with Crippen molar-refractivity contribution >= 4 is 59.7 Å². The molecule has 0 saturated carbocycles. The van der Waals surface area contributed by atoms with E-state index in [0.717, 1.165) is 22.2 Å². The van der Waals surface area contributed by atoms with Crippen molar-refractivity contribution in [2.24, 2.45) is 5.73 Å². The summed E-state index contributed by atoms with van der Waals surface area (Å²) in [6.45, 7) is 1.56. The van der Waals surface area contributed by atoms with Gasteiger partial charge < -0.3 is 20.7 Å². The van der Waals surface area contributed by atoms with Gasteiger partial charge in [0.25, 0.3) is 0 Å². The maximum absolute atomic E-state index is 9.93. The number of nitrogens with two attached hydrogens (primary N) is 1. The van der Waals surface area contributed by atoms with Crippen molar-refractivity contribution in [1.29, 1.82) is 0 Å². The average molecular weight is 461 g/mol. The lowest BCUT2D eigenvalue weighted by molar-refractivity contribution is -0.0257. The van der Waals surface area contributed by atoms with E-state index in [1.807, 2.05) is 23.1 Å². The van der Waals surface area contributed by atoms with Crippen LogP contribution in [-0.4, -0.2) is 65.1 Å². The van der Waals surface area contributed by atoms with Crippen LogP contribution in [0.4, 0.5) is 0 Å². The third-order valence-electron chi connectivity index (χ3n) is 4.59. The number of aliphatic hydroxyl groups excluding tert-OH is 2. The number of benzene rings is 1. The smallest absolute Gasteiger partial charge is 0.119 e. The van der Waals surface area contributed by atoms with Gasteiger partial charge in [0, 0.05) is 31.2 Å². The van der Waals surface area contributed by atoms with Crippen molar-refractivity contribution in [3.8, 4) is 5.75 Å². The average Bonchev–Trinajstić information content (AvgIpc) is 2.58. The largest absolute Gasteiger partial charge is 0.497 e. The molecule has 6 nitrogen and oxygen atoms in total. The molecule has 2 unspecified atom stereocenters. The first kappa shape index (κ1) is 26.4. The van der Waals surface area contributed by atoms with Gasteiger partial charge in [0.2, 0.25) is 0 Å². The van der Waals surface area contributed by atoms with Crippen molar-refractivity contribution < 1.29 is 14.9 Å². The fraction of sp³-hybridized carbons (Fsp3) is 0.471. The molecule has 154 valence electrons. The van der Waals surface area contributed by atoms with Crippen molar-refractivity contribution in [2.45, 2.75) is 24.7 Å². The number of nitrogens with zero attached hydrogens (tertiary/aromatic N) is 2. The van der Waals surface area contributed by atoms with E-state index < -0.39 is 18.2 Å². The molecule has 2 atom stereocenters. The summed E-state index contributed by atoms with van der Waals surface area (Å²) in [6.07, 6.45) is 0.887. The van der Waals surface area contributed by atoms with Crippen molar-refractivity contribution in [3.05, 3.63) is 35.0 Å². The monoisotopic (exact) mass is 459 g/mol. The molecule has 0 radical (unpaired) electrons. The van der Waals surface area contributed by atoms with Gasteiger partial charge >= 0.3 is 0 Å². The van der Waals surface area contributed by atoms with Crippen LogP contribution in [0.15, 0.2) is 24.4 Å². The van der Waals surface area contributed by atoms with Crippen LogP contribution >= 0.6 is 48.8 Å². The first-order chi connectivity index (χ1) is 11.5. The summed E-state index contributed by atoms with van der Waals surface area (Å²) in [5.41, 5.74) is 7.59. The van der Waals surface area contributed by atoms with E-state index in [0.29, 0.717) is 31.1 Å². The van der Waals surface area contributed by atoms with Gasteiger partial charge in [-0.2, -0.15) is 0 Å². The van der Waals surface area contributed by atoms with E-state index in [1.165, 1.54) is 0 Å². The van der Waals surface area contributed by atoms with Crippen molar-refractivity contribution in [1.82, 2.24) is 9.88 Å². The van der Waals surface area contributed by atoms with Crippen LogP contribution in [-0.2, 0) is 6.42 Å². The van der Waals surface area contributed by atoms with Gasteiger partial charge in [-0.3, -0.25) is 9.88 Å². The van der Waals surface area contributed by atoms with Gasteiger partial charge in [-0.05, 0) is 30.2 Å². The molecule has 3 rings (SSSR count). The van der Waals surface area contributed by atoms with E-state index in [2.05, 4.69) is 4.98 Å². The number of pyridine rings is 1. The molecule has 1 aromatic carbocycles. The van der Waals surface area contributed by atoms with Crippen LogP contribution in [0.25, 0.3) is 10.9 Å². The quantitative estimate of drug-likeness (QED) is 0.646. The number of rotatable bonds is 4. The highest BCUT2D eigenvalue weighted by Crippen LogP contribution is 2.28. The number of piperidine rings is 1. The molecular formula is C17H25Cl4N3O3. The second-order valence-corrected chi connectivity index (χ2v) is 6.60. The highest BCUT2D eigenvalue weighted by atomic mass is 35.5. The summed E-state index contributed by atoms with van der Waals surface area (Å²) in [5, 5.41) is 21.4. The van der Waals surface area contributed by atoms with Crippen LogP contribution < -0.4 is 10.5 Å². The highest BCUT2D eigenvalue weighted by molar-refractivity contribution is 6.32. The zero-order valence-corrected chi connectivity index (χ0v) is 18.0. The molecule has 2 heterocycles. The Labute approximate surface area is 182 Å². The van der Waals surface area contributed by atoms with Gasteiger partial charge in [-0.1, -0.05) is 11.6 Å². The van der Waals surface area contributed by atoms with Crippen LogP contribution in [0, 0.1) is 0 Å². The van der Waals surface area contributed by atoms with Gasteiger partial charge in [0.15, 0.2) is 0 Å². The predicted octanol–water partition coefficient (Wildman–Crippen LogP) is 2.07. The minimum Gasteiger partial charge on any atom is -0.497 e. The summed E-state index contributed by atoms with van der Waals surface area (Å²) in [4.78, 5) is 6.35. The number of ether oxygens (including phenoxy) is 1. The topological polar surface area (TPSA) is 91.8 Å². The summed E-state index contributed by atoms with van der Waals surface area (Å²) in [6, 6.07) is 5.11. The fourth-order valence-electron chi connectivity index (χ4n) is 3.14. The number of halogens is 4. The summed E-state index contributed by atoms with van der Waals surface area (Å²) in [5.74, 6) is 0.752. The second kappa shape index (κ2) is 11.4. The highest BCUT2D eigenvalue weighted by Gasteiger charge is 2.31. The lowest BCUT2D eigenvalue weighted by Crippen LogP contribution is -2.59. The molecule has 0 aliphatic carbocycles. The van der Waals surface area contributed by atoms with E-state index in [1.54, 1.807) is 13.3 Å². The molecule has 0 bridgehead atoms. The molecule has 1 saturated heterocycles. The Balaban J connectivity index is 0.00000225. The van der Waals surface area contributed by atoms with Gasteiger partial charge in [0.1, 0.15) is 5.75 Å². The Bertz CT molecular complexity index is 726. The third kappa shape index (κ3) is 5.95. The molecule has 27 heavy (non-hydrogen) atoms. The molecule has 0 spiro atoms. The third-order valence-corrected chi connectivity index (χ3v) is 4.92. The Morgan fingerprint density at radius 3 is 2.44 bits per heavy atom. The number of fused-ring (bicyclic) bond motifs is 1. The molecule has 10 heteroatoms. The summed E-state index contributed by atoms with van der Waals surface area (Å²) in [7, 11) is 1.62. The Hall–Kier alpha value is -0.570. The maximum Gasteiger partial charge on any atom is 0.119 e. The molecule has 1 aliphatic heterocycles. The fourth-order valence-corrected chi connectivity index (χ4v) is 3.38. The minimum absolute atomic E-state index is 0. The molecule has 2 aromatic rings. The summed E-state index contributed by atoms with van der Waals surface area (Å²) < 4.78 is 5.29. The predicted molar refractivity (Wildman–Crippen MR) is 115 cm³/mol. The van der Waals surface area contributed by atoms with Crippen LogP contribution in [0.1, 0.15) is 5.56 Å². The molecule has 1 aromatic heterocycles. The van der Waals surface area contributed by atoms with Crippen LogP contribution in [0.2, 0.25) is 5.02 Å². The maximum atomic E-state index is 9.93. The van der Waals surface area contributed by atoms with Crippen LogP contribution in [0.3, 0.4) is 0 Å². The normalized spacial score (nSPS) is 22.3. The van der Waals surface area contributed by atoms with E-state index in [-0.39, 0.29) is 37.2 Å². The molecule has 1 fully saturated rings. The zero-order chi connectivity index (χ0) is 17.3. The van der Waals surface area contributed by atoms with Gasteiger partial charge in [-0.15, -0.1) is 37.2 Å². The SMILES string of the molecule is COc1ccc2ncc(Cl)c(CCN3CC(O)C(N)C(O)C3)c2c1.Cl.Cl.Cl.